The van der Waals surface area contributed by atoms with E-state index in [0.29, 0.717) is 30.3 Å². The van der Waals surface area contributed by atoms with Gasteiger partial charge in [-0.25, -0.2) is 5.43 Å². The molecule has 178 valence electrons. The summed E-state index contributed by atoms with van der Waals surface area (Å²) in [5, 5.41) is 8.58. The van der Waals surface area contributed by atoms with Gasteiger partial charge >= 0.3 is 0 Å². The van der Waals surface area contributed by atoms with Crippen molar-refractivity contribution in [3.63, 3.8) is 0 Å². The largest absolute Gasteiger partial charge is 0.490 e. The summed E-state index contributed by atoms with van der Waals surface area (Å²) in [6, 6.07) is 33.6. The number of hydrogen-bond donors (Lipinski definition) is 1. The predicted molar refractivity (Wildman–Crippen MR) is 145 cm³/mol. The fourth-order valence-corrected chi connectivity index (χ4v) is 4.13. The van der Waals surface area contributed by atoms with Crippen LogP contribution < -0.4 is 14.9 Å². The van der Waals surface area contributed by atoms with Gasteiger partial charge in [0.25, 0.3) is 5.91 Å². The van der Waals surface area contributed by atoms with Crippen LogP contribution in [-0.4, -0.2) is 18.7 Å². The number of hydrogen-bond acceptors (Lipinski definition) is 4. The smallest absolute Gasteiger partial charge is 0.271 e. The van der Waals surface area contributed by atoms with Crippen LogP contribution in [-0.2, 0) is 6.61 Å². The van der Waals surface area contributed by atoms with E-state index in [4.69, 9.17) is 9.47 Å². The number of amides is 1. The summed E-state index contributed by atoms with van der Waals surface area (Å²) in [6.45, 7) is 2.86. The van der Waals surface area contributed by atoms with Crippen molar-refractivity contribution >= 4 is 33.7 Å². The van der Waals surface area contributed by atoms with Gasteiger partial charge in [-0.3, -0.25) is 4.79 Å². The molecule has 5 rings (SSSR count). The third kappa shape index (κ3) is 5.20. The predicted octanol–water partition coefficient (Wildman–Crippen LogP) is 6.73. The Hall–Kier alpha value is -4.64. The maximum absolute atomic E-state index is 12.5. The maximum atomic E-state index is 12.5. The Morgan fingerprint density at radius 1 is 0.778 bits per heavy atom. The molecule has 0 saturated heterocycles. The van der Waals surface area contributed by atoms with E-state index in [9.17, 15) is 4.79 Å². The molecule has 5 heteroatoms. The van der Waals surface area contributed by atoms with Crippen molar-refractivity contribution in [1.82, 2.24) is 5.43 Å². The SMILES string of the molecule is CCOc1cc(/C=N\NC(=O)c2ccc3ccccc3c2)ccc1OCc1cccc2ccccc12. The van der Waals surface area contributed by atoms with Crippen molar-refractivity contribution in [3.05, 3.63) is 120 Å². The van der Waals surface area contributed by atoms with Crippen LogP contribution in [0.15, 0.2) is 108 Å². The van der Waals surface area contributed by atoms with Crippen molar-refractivity contribution in [2.24, 2.45) is 5.10 Å². The highest BCUT2D eigenvalue weighted by Crippen LogP contribution is 2.30. The molecule has 5 nitrogen and oxygen atoms in total. The highest BCUT2D eigenvalue weighted by atomic mass is 16.5. The number of fused-ring (bicyclic) bond motifs is 2. The number of rotatable bonds is 8. The Morgan fingerprint density at radius 3 is 2.42 bits per heavy atom. The zero-order valence-corrected chi connectivity index (χ0v) is 20.0. The molecule has 5 aromatic rings. The van der Waals surface area contributed by atoms with Crippen LogP contribution in [0.2, 0.25) is 0 Å². The van der Waals surface area contributed by atoms with Crippen molar-refractivity contribution < 1.29 is 14.3 Å². The Morgan fingerprint density at radius 2 is 1.56 bits per heavy atom. The van der Waals surface area contributed by atoms with E-state index in [-0.39, 0.29) is 5.91 Å². The first-order valence-corrected chi connectivity index (χ1v) is 11.9. The molecule has 0 radical (unpaired) electrons. The summed E-state index contributed by atoms with van der Waals surface area (Å²) >= 11 is 0. The lowest BCUT2D eigenvalue weighted by Crippen LogP contribution is -2.17. The molecular formula is C31H26N2O3. The summed E-state index contributed by atoms with van der Waals surface area (Å²) in [5.41, 5.74) is 5.05. The second kappa shape index (κ2) is 10.7. The molecule has 5 aromatic carbocycles. The van der Waals surface area contributed by atoms with E-state index in [1.807, 2.05) is 79.7 Å². The fraction of sp³-hybridized carbons (Fsp3) is 0.0968. The molecule has 36 heavy (non-hydrogen) atoms. The Kier molecular flexibility index (Phi) is 6.90. The number of carbonyl (C=O) groups is 1. The molecule has 0 aromatic heterocycles. The lowest BCUT2D eigenvalue weighted by Gasteiger charge is -2.13. The van der Waals surface area contributed by atoms with Crippen LogP contribution in [0.25, 0.3) is 21.5 Å². The van der Waals surface area contributed by atoms with Gasteiger partial charge < -0.3 is 9.47 Å². The Balaban J connectivity index is 1.27. The van der Waals surface area contributed by atoms with Crippen molar-refractivity contribution in [1.29, 1.82) is 0 Å². The van der Waals surface area contributed by atoms with Crippen LogP contribution in [0.3, 0.4) is 0 Å². The maximum Gasteiger partial charge on any atom is 0.271 e. The van der Waals surface area contributed by atoms with Crippen molar-refractivity contribution in [3.8, 4) is 11.5 Å². The topological polar surface area (TPSA) is 59.9 Å². The molecule has 0 unspecified atom stereocenters. The summed E-state index contributed by atoms with van der Waals surface area (Å²) in [4.78, 5) is 12.5. The van der Waals surface area contributed by atoms with E-state index in [0.717, 1.165) is 21.9 Å². The third-order valence-electron chi connectivity index (χ3n) is 5.92. The number of ether oxygens (including phenoxy) is 2. The van der Waals surface area contributed by atoms with Gasteiger partial charge in [-0.1, -0.05) is 72.8 Å². The van der Waals surface area contributed by atoms with Gasteiger partial charge in [-0.15, -0.1) is 0 Å². The number of benzene rings is 5. The zero-order chi connectivity index (χ0) is 24.7. The van der Waals surface area contributed by atoms with Gasteiger partial charge in [0.2, 0.25) is 0 Å². The summed E-state index contributed by atoms with van der Waals surface area (Å²) in [7, 11) is 0. The normalized spacial score (nSPS) is 11.1. The number of nitrogens with one attached hydrogen (secondary N) is 1. The molecule has 0 aliphatic heterocycles. The van der Waals surface area contributed by atoms with Crippen LogP contribution in [0.4, 0.5) is 0 Å². The van der Waals surface area contributed by atoms with Gasteiger partial charge in [0.05, 0.1) is 12.8 Å². The van der Waals surface area contributed by atoms with Crippen LogP contribution in [0.1, 0.15) is 28.4 Å². The first-order valence-electron chi connectivity index (χ1n) is 11.9. The van der Waals surface area contributed by atoms with Gasteiger partial charge in [0.1, 0.15) is 6.61 Å². The Labute approximate surface area is 210 Å². The van der Waals surface area contributed by atoms with Crippen LogP contribution in [0, 0.1) is 0 Å². The van der Waals surface area contributed by atoms with E-state index in [1.54, 1.807) is 12.3 Å². The second-order valence-electron chi connectivity index (χ2n) is 8.33. The molecule has 0 aliphatic rings. The molecule has 1 amide bonds. The molecule has 0 spiro atoms. The quantitative estimate of drug-likeness (QED) is 0.200. The van der Waals surface area contributed by atoms with E-state index in [1.165, 1.54) is 10.8 Å². The molecule has 0 fully saturated rings. The number of carbonyl (C=O) groups excluding carboxylic acids is 1. The minimum atomic E-state index is -0.267. The van der Waals surface area contributed by atoms with Gasteiger partial charge in [-0.05, 0) is 69.9 Å². The minimum absolute atomic E-state index is 0.267. The van der Waals surface area contributed by atoms with E-state index < -0.39 is 0 Å². The first-order chi connectivity index (χ1) is 17.7. The van der Waals surface area contributed by atoms with Crippen LogP contribution >= 0.6 is 0 Å². The Bertz CT molecular complexity index is 1550. The summed E-state index contributed by atoms with van der Waals surface area (Å²) in [6.07, 6.45) is 1.59. The van der Waals surface area contributed by atoms with E-state index in [2.05, 4.69) is 34.8 Å². The van der Waals surface area contributed by atoms with E-state index >= 15 is 0 Å². The van der Waals surface area contributed by atoms with Gasteiger partial charge in [0, 0.05) is 5.56 Å². The average Bonchev–Trinajstić information content (AvgIpc) is 2.92. The monoisotopic (exact) mass is 474 g/mol. The standard InChI is InChI=1S/C31H26N2O3/c1-2-35-30-18-22(20-32-33-31(34)26-16-15-23-8-3-4-10-25(23)19-26)14-17-29(30)36-21-27-12-7-11-24-9-5-6-13-28(24)27/h3-20H,2,21H2,1H3,(H,33,34)/b32-20-. The lowest BCUT2D eigenvalue weighted by molar-refractivity contribution is 0.0955. The minimum Gasteiger partial charge on any atom is -0.490 e. The molecule has 0 bridgehead atoms. The summed E-state index contributed by atoms with van der Waals surface area (Å²) in [5.74, 6) is 1.02. The number of nitrogens with zero attached hydrogens (tertiary/aromatic N) is 1. The highest BCUT2D eigenvalue weighted by Gasteiger charge is 2.09. The van der Waals surface area contributed by atoms with Crippen molar-refractivity contribution in [2.75, 3.05) is 6.61 Å². The van der Waals surface area contributed by atoms with Crippen molar-refractivity contribution in [2.45, 2.75) is 13.5 Å². The number of hydrazone groups is 1. The lowest BCUT2D eigenvalue weighted by atomic mass is 10.1. The molecule has 0 atom stereocenters. The first kappa shape index (κ1) is 23.1. The molecule has 0 saturated carbocycles. The second-order valence-corrected chi connectivity index (χ2v) is 8.33. The molecular weight excluding hydrogens is 448 g/mol. The third-order valence-corrected chi connectivity index (χ3v) is 5.92. The average molecular weight is 475 g/mol. The highest BCUT2D eigenvalue weighted by molar-refractivity contribution is 5.99. The molecule has 0 aliphatic carbocycles. The molecule has 0 heterocycles. The van der Waals surface area contributed by atoms with Gasteiger partial charge in [-0.2, -0.15) is 5.10 Å². The summed E-state index contributed by atoms with van der Waals surface area (Å²) < 4.78 is 12.0. The zero-order valence-electron chi connectivity index (χ0n) is 20.0. The molecule has 1 N–H and O–H groups in total. The fourth-order valence-electron chi connectivity index (χ4n) is 4.13. The van der Waals surface area contributed by atoms with Crippen LogP contribution in [0.5, 0.6) is 11.5 Å². The van der Waals surface area contributed by atoms with Gasteiger partial charge in [0.15, 0.2) is 11.5 Å².